The predicted octanol–water partition coefficient (Wildman–Crippen LogP) is 4.23. The van der Waals surface area contributed by atoms with E-state index in [1.807, 2.05) is 0 Å². The van der Waals surface area contributed by atoms with Gasteiger partial charge in [0.1, 0.15) is 11.5 Å². The van der Waals surface area contributed by atoms with E-state index in [-0.39, 0.29) is 21.7 Å². The molecule has 0 unspecified atom stereocenters. The summed E-state index contributed by atoms with van der Waals surface area (Å²) in [6.07, 6.45) is 10.8. The summed E-state index contributed by atoms with van der Waals surface area (Å²) in [6.45, 7) is 26.3. The minimum atomic E-state index is -4.94. The fourth-order valence-corrected chi connectivity index (χ4v) is 2.98. The highest BCUT2D eigenvalue weighted by atomic mass is 35.7. The van der Waals surface area contributed by atoms with Gasteiger partial charge in [-0.15, -0.1) is 10.2 Å². The largest absolute Gasteiger partial charge is 0.465 e. The highest BCUT2D eigenvalue weighted by Crippen LogP contribution is 2.39. The molecular weight excluding hydrogens is 480 g/mol. The molecule has 0 N–H and O–H groups in total. The van der Waals surface area contributed by atoms with Gasteiger partial charge in [0.2, 0.25) is 0 Å². The van der Waals surface area contributed by atoms with E-state index in [1.54, 1.807) is 0 Å². The molecule has 1 aliphatic rings. The SMILES string of the molecule is CC(C)(C)C1=CC(=C/C=C/c2cc(C(C)(C)C)[o+]c(C(C)(C)C)c2)C=C(C(C)(C)C)O1.[O-][Cl+3]([O-])([O-])[O-]. The Morgan fingerprint density at radius 3 is 1.33 bits per heavy atom. The van der Waals surface area contributed by atoms with Gasteiger partial charge in [0, 0.05) is 23.0 Å². The van der Waals surface area contributed by atoms with Gasteiger partial charge in [0.25, 0.3) is 0 Å². The van der Waals surface area contributed by atoms with E-state index in [0.29, 0.717) is 0 Å². The van der Waals surface area contributed by atoms with Crippen molar-refractivity contribution in [1.82, 2.24) is 0 Å². The van der Waals surface area contributed by atoms with Gasteiger partial charge in [0.05, 0.1) is 10.8 Å². The Labute approximate surface area is 219 Å². The van der Waals surface area contributed by atoms with Crippen molar-refractivity contribution in [3.63, 3.8) is 0 Å². The maximum Gasteiger partial charge on any atom is 0.335 e. The van der Waals surface area contributed by atoms with E-state index in [2.05, 4.69) is 126 Å². The Morgan fingerprint density at radius 1 is 0.667 bits per heavy atom. The smallest absolute Gasteiger partial charge is 0.335 e. The van der Waals surface area contributed by atoms with E-state index < -0.39 is 10.2 Å². The lowest BCUT2D eigenvalue weighted by atomic mass is 9.87. The first-order chi connectivity index (χ1) is 15.9. The molecular formula is C29H43ClO6. The van der Waals surface area contributed by atoms with Crippen molar-refractivity contribution in [2.24, 2.45) is 10.8 Å². The van der Waals surface area contributed by atoms with Crippen molar-refractivity contribution < 1.29 is 38.0 Å². The summed E-state index contributed by atoms with van der Waals surface area (Å²) < 4.78 is 46.5. The highest BCUT2D eigenvalue weighted by Gasteiger charge is 2.33. The third-order valence-corrected chi connectivity index (χ3v) is 5.17. The average molecular weight is 523 g/mol. The second-order valence-corrected chi connectivity index (χ2v) is 13.9. The maximum atomic E-state index is 8.49. The third kappa shape index (κ3) is 11.4. The molecule has 0 aromatic carbocycles. The number of hydrogen-bond acceptors (Lipinski definition) is 5. The molecule has 0 saturated heterocycles. The predicted molar refractivity (Wildman–Crippen MR) is 134 cm³/mol. The molecule has 0 spiro atoms. The molecule has 2 rings (SSSR count). The van der Waals surface area contributed by atoms with Gasteiger partial charge in [0.15, 0.2) is 0 Å². The fourth-order valence-electron chi connectivity index (χ4n) is 2.98. The van der Waals surface area contributed by atoms with Crippen molar-refractivity contribution >= 4 is 6.08 Å². The Kier molecular flexibility index (Phi) is 9.97. The van der Waals surface area contributed by atoms with Gasteiger partial charge in [-0.1, -0.05) is 59.8 Å². The van der Waals surface area contributed by atoms with Crippen LogP contribution in [0.3, 0.4) is 0 Å². The summed E-state index contributed by atoms with van der Waals surface area (Å²) in [4.78, 5) is 0. The van der Waals surface area contributed by atoms with Crippen molar-refractivity contribution in [3.05, 3.63) is 70.6 Å². The molecule has 1 aliphatic heterocycles. The molecule has 6 nitrogen and oxygen atoms in total. The summed E-state index contributed by atoms with van der Waals surface area (Å²) in [6, 6.07) is 4.31. The molecule has 0 saturated carbocycles. The fraction of sp³-hybridized carbons (Fsp3) is 0.552. The summed E-state index contributed by atoms with van der Waals surface area (Å²) in [7, 11) is -4.94. The van der Waals surface area contributed by atoms with E-state index in [0.717, 1.165) is 34.2 Å². The van der Waals surface area contributed by atoms with Crippen LogP contribution >= 0.6 is 0 Å². The number of allylic oxidation sites excluding steroid dienone is 7. The van der Waals surface area contributed by atoms with Crippen molar-refractivity contribution in [2.45, 2.75) is 93.9 Å². The van der Waals surface area contributed by atoms with Crippen LogP contribution in [0.1, 0.15) is 100 Å². The Morgan fingerprint density at radius 2 is 1.03 bits per heavy atom. The topological polar surface area (TPSA) is 113 Å². The Hall–Kier alpha value is -1.96. The molecule has 202 valence electrons. The van der Waals surface area contributed by atoms with E-state index in [4.69, 9.17) is 27.8 Å². The van der Waals surface area contributed by atoms with Gasteiger partial charge < -0.3 is 4.74 Å². The van der Waals surface area contributed by atoms with Gasteiger partial charge in [-0.3, -0.25) is 0 Å². The normalized spacial score (nSPS) is 15.6. The van der Waals surface area contributed by atoms with Crippen LogP contribution in [0.15, 0.2) is 57.9 Å². The minimum absolute atomic E-state index is 0.0439. The van der Waals surface area contributed by atoms with E-state index in [9.17, 15) is 0 Å². The zero-order chi connectivity index (χ0) is 28.3. The van der Waals surface area contributed by atoms with Crippen LogP contribution in [0, 0.1) is 21.1 Å². The first-order valence-corrected chi connectivity index (χ1v) is 13.2. The summed E-state index contributed by atoms with van der Waals surface area (Å²) in [5, 5.41) is 0. The lowest BCUT2D eigenvalue weighted by molar-refractivity contribution is -2.00. The van der Waals surface area contributed by atoms with Crippen LogP contribution in [0.25, 0.3) is 6.08 Å². The zero-order valence-electron chi connectivity index (χ0n) is 23.9. The van der Waals surface area contributed by atoms with Gasteiger partial charge in [-0.2, -0.15) is 0 Å². The van der Waals surface area contributed by atoms with Crippen molar-refractivity contribution in [2.75, 3.05) is 0 Å². The lowest BCUT2D eigenvalue weighted by Gasteiger charge is -2.32. The molecule has 0 radical (unpaired) electrons. The standard InChI is InChI=1S/C29H43O2.ClHO4/c1-26(2,3)22-16-20(17-23(30-22)27(4,5)6)14-13-15-21-18-24(28(7,8)9)31-25(19-21)29(10,11)12;2-1(3,4)5/h13-19H,1-12H3;(H,2,3,4,5)/q+1;/p-1. The van der Waals surface area contributed by atoms with Crippen molar-refractivity contribution in [3.8, 4) is 0 Å². The quantitative estimate of drug-likeness (QED) is 0.537. The van der Waals surface area contributed by atoms with Gasteiger partial charge in [-0.05, 0) is 64.8 Å². The zero-order valence-corrected chi connectivity index (χ0v) is 24.6. The van der Waals surface area contributed by atoms with Crippen LogP contribution in [0.2, 0.25) is 0 Å². The van der Waals surface area contributed by atoms with Crippen LogP contribution in [-0.2, 0) is 15.6 Å². The van der Waals surface area contributed by atoms with Crippen LogP contribution in [-0.4, -0.2) is 0 Å². The average Bonchev–Trinajstić information content (AvgIpc) is 2.63. The first-order valence-electron chi connectivity index (χ1n) is 12.0. The Balaban J connectivity index is 0.00000118. The summed E-state index contributed by atoms with van der Waals surface area (Å²) >= 11 is 0. The Bertz CT molecular complexity index is 958. The van der Waals surface area contributed by atoms with Gasteiger partial charge >= 0.3 is 11.5 Å². The third-order valence-electron chi connectivity index (χ3n) is 5.17. The number of halogens is 1. The molecule has 1 aromatic rings. The molecule has 36 heavy (non-hydrogen) atoms. The summed E-state index contributed by atoms with van der Waals surface area (Å²) in [5.41, 5.74) is 2.14. The highest BCUT2D eigenvalue weighted by molar-refractivity contribution is 5.54. The molecule has 7 heteroatoms. The van der Waals surface area contributed by atoms with Crippen LogP contribution < -0.4 is 18.6 Å². The monoisotopic (exact) mass is 522 g/mol. The van der Waals surface area contributed by atoms with Crippen LogP contribution in [0.5, 0.6) is 0 Å². The van der Waals surface area contributed by atoms with Crippen molar-refractivity contribution in [1.29, 1.82) is 0 Å². The molecule has 0 atom stereocenters. The van der Waals surface area contributed by atoms with E-state index >= 15 is 0 Å². The second kappa shape index (κ2) is 11.2. The van der Waals surface area contributed by atoms with Gasteiger partial charge in [-0.25, -0.2) is 23.1 Å². The number of ether oxygens (including phenoxy) is 1. The number of hydrogen-bond donors (Lipinski definition) is 0. The minimum Gasteiger partial charge on any atom is -0.465 e. The lowest BCUT2D eigenvalue weighted by Crippen LogP contribution is -2.68. The van der Waals surface area contributed by atoms with Crippen LogP contribution in [0.4, 0.5) is 0 Å². The molecule has 0 aliphatic carbocycles. The molecule has 2 heterocycles. The number of rotatable bonds is 2. The van der Waals surface area contributed by atoms with E-state index in [1.165, 1.54) is 0 Å². The molecule has 0 bridgehead atoms. The molecule has 1 aromatic heterocycles. The summed E-state index contributed by atoms with van der Waals surface area (Å²) in [5.74, 6) is 4.01. The second-order valence-electron chi connectivity index (χ2n) is 13.1. The maximum absolute atomic E-state index is 8.49. The first kappa shape index (κ1) is 32.1. The molecule has 0 amide bonds. The molecule has 0 fully saturated rings.